The summed E-state index contributed by atoms with van der Waals surface area (Å²) >= 11 is 0. The molecule has 0 aliphatic rings. The minimum atomic E-state index is -0.461. The first-order valence-electron chi connectivity index (χ1n) is 6.03. The number of H-pyrrole nitrogens is 1. The summed E-state index contributed by atoms with van der Waals surface area (Å²) in [5.74, 6) is -0.227. The molecular weight excluding hydrogens is 260 g/mol. The normalized spacial score (nSPS) is 10.8. The Balaban J connectivity index is 1.97. The third-order valence-electron chi connectivity index (χ3n) is 2.77. The highest BCUT2D eigenvalue weighted by atomic mass is 16.7. The van der Waals surface area contributed by atoms with Crippen molar-refractivity contribution in [2.24, 2.45) is 0 Å². The molecule has 2 aromatic rings. The molecule has 0 saturated carbocycles. The van der Waals surface area contributed by atoms with Gasteiger partial charge in [0, 0.05) is 32.2 Å². The van der Waals surface area contributed by atoms with Gasteiger partial charge in [-0.05, 0) is 12.1 Å². The van der Waals surface area contributed by atoms with Gasteiger partial charge in [-0.2, -0.15) is 5.10 Å². The maximum absolute atomic E-state index is 11.9. The first-order chi connectivity index (χ1) is 9.74. The van der Waals surface area contributed by atoms with Crippen LogP contribution in [0.5, 0.6) is 0 Å². The Kier molecular flexibility index (Phi) is 4.80. The highest BCUT2D eigenvalue weighted by Crippen LogP contribution is 2.14. The van der Waals surface area contributed by atoms with Crippen LogP contribution in [-0.4, -0.2) is 48.1 Å². The summed E-state index contributed by atoms with van der Waals surface area (Å²) in [6.45, 7) is 0.273. The zero-order valence-corrected chi connectivity index (χ0v) is 11.3. The van der Waals surface area contributed by atoms with Crippen LogP contribution in [0, 0.1) is 0 Å². The molecule has 2 N–H and O–H groups in total. The van der Waals surface area contributed by atoms with Gasteiger partial charge in [0.05, 0.1) is 24.0 Å². The smallest absolute Gasteiger partial charge is 0.253 e. The van der Waals surface area contributed by atoms with Crippen molar-refractivity contribution in [1.29, 1.82) is 0 Å². The number of aromatic nitrogens is 3. The van der Waals surface area contributed by atoms with E-state index in [9.17, 15) is 4.79 Å². The van der Waals surface area contributed by atoms with Crippen molar-refractivity contribution >= 4 is 5.91 Å². The van der Waals surface area contributed by atoms with Crippen molar-refractivity contribution in [2.45, 2.75) is 6.29 Å². The molecule has 0 atom stereocenters. The minimum Gasteiger partial charge on any atom is -0.354 e. The molecule has 106 valence electrons. The number of carbonyl (C=O) groups is 1. The lowest BCUT2D eigenvalue weighted by Crippen LogP contribution is -2.34. The zero-order valence-electron chi connectivity index (χ0n) is 11.3. The van der Waals surface area contributed by atoms with Gasteiger partial charge < -0.3 is 14.8 Å². The van der Waals surface area contributed by atoms with E-state index < -0.39 is 6.29 Å². The fraction of sp³-hybridized carbons (Fsp3) is 0.308. The number of aromatic amines is 1. The van der Waals surface area contributed by atoms with Gasteiger partial charge in [-0.3, -0.25) is 14.9 Å². The SMILES string of the molecule is COC(CNC(=O)c1ccc(-c2cn[nH]c2)nc1)OC. The van der Waals surface area contributed by atoms with E-state index in [0.29, 0.717) is 5.56 Å². The molecule has 0 aromatic carbocycles. The van der Waals surface area contributed by atoms with Gasteiger partial charge >= 0.3 is 0 Å². The topological polar surface area (TPSA) is 89.1 Å². The van der Waals surface area contributed by atoms with Gasteiger partial charge in [0.25, 0.3) is 5.91 Å². The average molecular weight is 276 g/mol. The molecule has 20 heavy (non-hydrogen) atoms. The van der Waals surface area contributed by atoms with Crippen LogP contribution >= 0.6 is 0 Å². The van der Waals surface area contributed by atoms with Crippen LogP contribution in [0.4, 0.5) is 0 Å². The number of rotatable bonds is 6. The lowest BCUT2D eigenvalue weighted by molar-refractivity contribution is -0.0974. The van der Waals surface area contributed by atoms with Gasteiger partial charge in [0.15, 0.2) is 6.29 Å². The molecule has 7 nitrogen and oxygen atoms in total. The molecule has 0 fully saturated rings. The Labute approximate surface area is 116 Å². The van der Waals surface area contributed by atoms with Crippen LogP contribution < -0.4 is 5.32 Å². The molecule has 0 unspecified atom stereocenters. The van der Waals surface area contributed by atoms with Crippen LogP contribution in [0.3, 0.4) is 0 Å². The molecule has 0 aliphatic heterocycles. The molecule has 0 spiro atoms. The first-order valence-corrected chi connectivity index (χ1v) is 6.03. The van der Waals surface area contributed by atoms with Crippen LogP contribution in [0.15, 0.2) is 30.7 Å². The molecule has 0 bridgehead atoms. The molecule has 2 heterocycles. The zero-order chi connectivity index (χ0) is 14.4. The highest BCUT2D eigenvalue weighted by Gasteiger charge is 2.10. The number of hydrogen-bond donors (Lipinski definition) is 2. The number of amides is 1. The Morgan fingerprint density at radius 1 is 1.35 bits per heavy atom. The monoisotopic (exact) mass is 276 g/mol. The molecule has 2 rings (SSSR count). The summed E-state index contributed by atoms with van der Waals surface area (Å²) in [6.07, 6.45) is 4.47. The van der Waals surface area contributed by atoms with E-state index in [4.69, 9.17) is 9.47 Å². The van der Waals surface area contributed by atoms with Crippen molar-refractivity contribution in [3.8, 4) is 11.3 Å². The van der Waals surface area contributed by atoms with Crippen LogP contribution in [0.25, 0.3) is 11.3 Å². The Morgan fingerprint density at radius 2 is 2.15 bits per heavy atom. The van der Waals surface area contributed by atoms with Crippen molar-refractivity contribution in [2.75, 3.05) is 20.8 Å². The van der Waals surface area contributed by atoms with Crippen molar-refractivity contribution in [1.82, 2.24) is 20.5 Å². The number of methoxy groups -OCH3 is 2. The summed E-state index contributed by atoms with van der Waals surface area (Å²) in [4.78, 5) is 16.1. The third-order valence-corrected chi connectivity index (χ3v) is 2.77. The van der Waals surface area contributed by atoms with Crippen molar-refractivity contribution in [3.05, 3.63) is 36.3 Å². The van der Waals surface area contributed by atoms with Gasteiger partial charge in [-0.15, -0.1) is 0 Å². The highest BCUT2D eigenvalue weighted by molar-refractivity contribution is 5.94. The summed E-state index contributed by atoms with van der Waals surface area (Å²) in [5.41, 5.74) is 2.10. The van der Waals surface area contributed by atoms with E-state index in [1.54, 1.807) is 24.5 Å². The molecule has 7 heteroatoms. The van der Waals surface area contributed by atoms with E-state index in [0.717, 1.165) is 11.3 Å². The molecule has 2 aromatic heterocycles. The van der Waals surface area contributed by atoms with Crippen molar-refractivity contribution < 1.29 is 14.3 Å². The third kappa shape index (κ3) is 3.40. The van der Waals surface area contributed by atoms with Gasteiger partial charge in [0.1, 0.15) is 0 Å². The predicted octanol–water partition coefficient (Wildman–Crippen LogP) is 0.820. The van der Waals surface area contributed by atoms with E-state index in [2.05, 4.69) is 20.5 Å². The van der Waals surface area contributed by atoms with E-state index in [1.807, 2.05) is 0 Å². The standard InChI is InChI=1S/C13H16N4O3/c1-19-12(20-2)8-15-13(18)9-3-4-11(14-5-9)10-6-16-17-7-10/h3-7,12H,8H2,1-2H3,(H,15,18)(H,16,17). The number of carbonyl (C=O) groups excluding carboxylic acids is 1. The average Bonchev–Trinajstić information content (AvgIpc) is 3.02. The summed E-state index contributed by atoms with van der Waals surface area (Å²) in [7, 11) is 3.03. The Morgan fingerprint density at radius 3 is 2.70 bits per heavy atom. The predicted molar refractivity (Wildman–Crippen MR) is 72.0 cm³/mol. The second-order valence-electron chi connectivity index (χ2n) is 4.03. The van der Waals surface area contributed by atoms with E-state index >= 15 is 0 Å². The molecule has 0 aliphatic carbocycles. The Hall–Kier alpha value is -2.25. The van der Waals surface area contributed by atoms with Crippen molar-refractivity contribution in [3.63, 3.8) is 0 Å². The maximum Gasteiger partial charge on any atom is 0.253 e. The molecule has 0 saturated heterocycles. The van der Waals surface area contributed by atoms with E-state index in [1.165, 1.54) is 20.4 Å². The van der Waals surface area contributed by atoms with Crippen LogP contribution in [0.2, 0.25) is 0 Å². The molecule has 0 radical (unpaired) electrons. The van der Waals surface area contributed by atoms with Crippen LogP contribution in [-0.2, 0) is 9.47 Å². The summed E-state index contributed by atoms with van der Waals surface area (Å²) < 4.78 is 9.98. The Bertz CT molecular complexity index is 535. The van der Waals surface area contributed by atoms with Gasteiger partial charge in [-0.1, -0.05) is 0 Å². The lowest BCUT2D eigenvalue weighted by Gasteiger charge is -2.13. The fourth-order valence-electron chi connectivity index (χ4n) is 1.63. The number of hydrogen-bond acceptors (Lipinski definition) is 5. The quantitative estimate of drug-likeness (QED) is 0.762. The number of pyridine rings is 1. The number of nitrogens with zero attached hydrogens (tertiary/aromatic N) is 2. The largest absolute Gasteiger partial charge is 0.354 e. The first kappa shape index (κ1) is 14.2. The second kappa shape index (κ2) is 6.78. The molecule has 1 amide bonds. The van der Waals surface area contributed by atoms with E-state index in [-0.39, 0.29) is 12.5 Å². The number of ether oxygens (including phenoxy) is 2. The minimum absolute atomic E-state index is 0.227. The fourth-order valence-corrected chi connectivity index (χ4v) is 1.63. The maximum atomic E-state index is 11.9. The molecular formula is C13H16N4O3. The van der Waals surface area contributed by atoms with Crippen LogP contribution in [0.1, 0.15) is 10.4 Å². The summed E-state index contributed by atoms with van der Waals surface area (Å²) in [5, 5.41) is 9.27. The second-order valence-corrected chi connectivity index (χ2v) is 4.03. The van der Waals surface area contributed by atoms with Gasteiger partial charge in [0.2, 0.25) is 0 Å². The number of nitrogens with one attached hydrogen (secondary N) is 2. The van der Waals surface area contributed by atoms with Gasteiger partial charge in [-0.25, -0.2) is 0 Å². The summed E-state index contributed by atoms with van der Waals surface area (Å²) in [6, 6.07) is 3.48. The lowest BCUT2D eigenvalue weighted by atomic mass is 10.2.